The van der Waals surface area contributed by atoms with Crippen LogP contribution in [0.5, 0.6) is 0 Å². The van der Waals surface area contributed by atoms with E-state index in [2.05, 4.69) is 11.7 Å². The average Bonchev–Trinajstić information content (AvgIpc) is 2.51. The highest BCUT2D eigenvalue weighted by Crippen LogP contribution is 2.13. The Morgan fingerprint density at radius 2 is 2.13 bits per heavy atom. The molecule has 0 saturated carbocycles. The van der Waals surface area contributed by atoms with Crippen LogP contribution in [-0.2, 0) is 0 Å². The summed E-state index contributed by atoms with van der Waals surface area (Å²) in [4.78, 5) is 0. The number of allylic oxidation sites excluding steroid dienone is 5. The molecule has 2 N–H and O–H groups in total. The summed E-state index contributed by atoms with van der Waals surface area (Å²) in [5, 5.41) is 4.33. The van der Waals surface area contributed by atoms with Gasteiger partial charge in [-0.2, -0.15) is 5.10 Å². The van der Waals surface area contributed by atoms with Gasteiger partial charge >= 0.3 is 0 Å². The summed E-state index contributed by atoms with van der Waals surface area (Å²) in [6.07, 6.45) is 5.68. The van der Waals surface area contributed by atoms with Crippen molar-refractivity contribution in [2.45, 2.75) is 20.8 Å². The van der Waals surface area contributed by atoms with Crippen LogP contribution in [0.15, 0.2) is 42.3 Å². The molecule has 0 atom stereocenters. The van der Waals surface area contributed by atoms with Crippen LogP contribution >= 0.6 is 0 Å². The first-order valence-electron chi connectivity index (χ1n) is 4.83. The summed E-state index contributed by atoms with van der Waals surface area (Å²) < 4.78 is 1.80. The zero-order valence-corrected chi connectivity index (χ0v) is 9.49. The number of rotatable bonds is 3. The third-order valence-corrected chi connectivity index (χ3v) is 1.91. The van der Waals surface area contributed by atoms with Gasteiger partial charge in [0.2, 0.25) is 0 Å². The van der Waals surface area contributed by atoms with Gasteiger partial charge in [0, 0.05) is 11.9 Å². The molecule has 1 aromatic rings. The second-order valence-electron chi connectivity index (χ2n) is 3.64. The number of hydrogen-bond donors (Lipinski definition) is 1. The van der Waals surface area contributed by atoms with Crippen molar-refractivity contribution in [2.24, 2.45) is 5.73 Å². The van der Waals surface area contributed by atoms with Gasteiger partial charge in [-0.1, -0.05) is 6.58 Å². The maximum absolute atomic E-state index is 5.58. The van der Waals surface area contributed by atoms with Crippen molar-refractivity contribution >= 4 is 5.70 Å². The molecule has 0 aliphatic rings. The van der Waals surface area contributed by atoms with Crippen LogP contribution in [0.4, 0.5) is 0 Å². The highest BCUT2D eigenvalue weighted by molar-refractivity contribution is 5.63. The zero-order valence-electron chi connectivity index (χ0n) is 9.49. The smallest absolute Gasteiger partial charge is 0.0669 e. The molecule has 0 amide bonds. The van der Waals surface area contributed by atoms with E-state index in [-0.39, 0.29) is 0 Å². The molecule has 1 aromatic heterocycles. The van der Waals surface area contributed by atoms with Gasteiger partial charge in [-0.3, -0.25) is 0 Å². The molecule has 15 heavy (non-hydrogen) atoms. The van der Waals surface area contributed by atoms with Crippen molar-refractivity contribution < 1.29 is 0 Å². The zero-order chi connectivity index (χ0) is 11.4. The van der Waals surface area contributed by atoms with E-state index in [0.717, 1.165) is 22.7 Å². The minimum Gasteiger partial charge on any atom is -0.402 e. The largest absolute Gasteiger partial charge is 0.402 e. The molecule has 3 heteroatoms. The molecule has 80 valence electrons. The van der Waals surface area contributed by atoms with E-state index in [9.17, 15) is 0 Å². The van der Waals surface area contributed by atoms with Crippen LogP contribution in [-0.4, -0.2) is 9.78 Å². The van der Waals surface area contributed by atoms with Crippen molar-refractivity contribution in [1.29, 1.82) is 0 Å². The fourth-order valence-corrected chi connectivity index (χ4v) is 1.17. The van der Waals surface area contributed by atoms with Gasteiger partial charge in [0.1, 0.15) is 0 Å². The van der Waals surface area contributed by atoms with Crippen molar-refractivity contribution in [3.63, 3.8) is 0 Å². The van der Waals surface area contributed by atoms with Crippen LogP contribution < -0.4 is 5.73 Å². The molecule has 0 bridgehead atoms. The van der Waals surface area contributed by atoms with Gasteiger partial charge in [0.05, 0.1) is 11.4 Å². The Labute approximate surface area is 90.6 Å². The Balaban J connectivity index is 3.09. The summed E-state index contributed by atoms with van der Waals surface area (Å²) >= 11 is 0. The average molecular weight is 203 g/mol. The lowest BCUT2D eigenvalue weighted by Gasteiger charge is -2.05. The minimum atomic E-state index is 0.762. The molecule has 0 fully saturated rings. The Hall–Kier alpha value is -1.77. The molecule has 1 heterocycles. The molecule has 0 spiro atoms. The number of aromatic nitrogens is 2. The third kappa shape index (κ3) is 3.13. The van der Waals surface area contributed by atoms with Crippen molar-refractivity contribution in [3.8, 4) is 0 Å². The Morgan fingerprint density at radius 1 is 1.47 bits per heavy atom. The lowest BCUT2D eigenvalue weighted by atomic mass is 10.2. The normalized spacial score (nSPS) is 13.0. The highest BCUT2D eigenvalue weighted by Gasteiger charge is 2.01. The van der Waals surface area contributed by atoms with E-state index in [1.54, 1.807) is 4.68 Å². The van der Waals surface area contributed by atoms with Crippen molar-refractivity contribution in [3.05, 3.63) is 48.0 Å². The molecule has 0 aliphatic carbocycles. The molecule has 0 aliphatic heterocycles. The van der Waals surface area contributed by atoms with Gasteiger partial charge in [-0.15, -0.1) is 0 Å². The monoisotopic (exact) mass is 203 g/mol. The lowest BCUT2D eigenvalue weighted by molar-refractivity contribution is 0.881. The van der Waals surface area contributed by atoms with Crippen molar-refractivity contribution in [2.75, 3.05) is 0 Å². The number of aryl methyl sites for hydroxylation is 1. The predicted octanol–water partition coefficient (Wildman–Crippen LogP) is 2.47. The molecular weight excluding hydrogens is 186 g/mol. The van der Waals surface area contributed by atoms with Crippen LogP contribution in [0, 0.1) is 6.92 Å². The number of nitrogens with two attached hydrogens (primary N) is 1. The maximum Gasteiger partial charge on any atom is 0.0669 e. The molecule has 0 aromatic carbocycles. The van der Waals surface area contributed by atoms with Gasteiger partial charge in [0.15, 0.2) is 0 Å². The summed E-state index contributed by atoms with van der Waals surface area (Å²) in [6, 6.07) is 1.95. The Kier molecular flexibility index (Phi) is 3.50. The standard InChI is InChI=1S/C12H17N3/c1-9(2)12(6-5-10(3)13)15-8-7-11(4)14-15/h5-8H,1,13H2,2-4H3/b10-5-,12-6+. The van der Waals surface area contributed by atoms with Gasteiger partial charge in [-0.05, 0) is 44.6 Å². The van der Waals surface area contributed by atoms with E-state index in [0.29, 0.717) is 0 Å². The maximum atomic E-state index is 5.58. The van der Waals surface area contributed by atoms with E-state index in [1.165, 1.54) is 0 Å². The van der Waals surface area contributed by atoms with Gasteiger partial charge in [0.25, 0.3) is 0 Å². The summed E-state index contributed by atoms with van der Waals surface area (Å²) in [6.45, 7) is 9.67. The quantitative estimate of drug-likeness (QED) is 0.767. The van der Waals surface area contributed by atoms with Crippen LogP contribution in [0.2, 0.25) is 0 Å². The van der Waals surface area contributed by atoms with Crippen molar-refractivity contribution in [1.82, 2.24) is 9.78 Å². The lowest BCUT2D eigenvalue weighted by Crippen LogP contribution is -1.99. The fourth-order valence-electron chi connectivity index (χ4n) is 1.17. The minimum absolute atomic E-state index is 0.762. The second-order valence-corrected chi connectivity index (χ2v) is 3.64. The van der Waals surface area contributed by atoms with E-state index in [1.807, 2.05) is 45.2 Å². The van der Waals surface area contributed by atoms with E-state index >= 15 is 0 Å². The van der Waals surface area contributed by atoms with Crippen LogP contribution in [0.1, 0.15) is 19.5 Å². The topological polar surface area (TPSA) is 43.8 Å². The van der Waals surface area contributed by atoms with Gasteiger partial charge in [-0.25, -0.2) is 4.68 Å². The molecule has 0 radical (unpaired) electrons. The van der Waals surface area contributed by atoms with E-state index < -0.39 is 0 Å². The first-order chi connectivity index (χ1) is 7.00. The summed E-state index contributed by atoms with van der Waals surface area (Å²) in [5.74, 6) is 0. The summed E-state index contributed by atoms with van der Waals surface area (Å²) in [5.41, 5.74) is 9.23. The first kappa shape index (κ1) is 11.3. The highest BCUT2D eigenvalue weighted by atomic mass is 15.3. The Bertz CT molecular complexity index is 418. The predicted molar refractivity (Wildman–Crippen MR) is 64.0 cm³/mol. The SMILES string of the molecule is C=C(C)/C(=C\C=C(\C)N)n1ccc(C)n1. The molecule has 0 saturated heterocycles. The van der Waals surface area contributed by atoms with Gasteiger partial charge < -0.3 is 5.73 Å². The second kappa shape index (κ2) is 4.64. The van der Waals surface area contributed by atoms with E-state index in [4.69, 9.17) is 5.73 Å². The van der Waals surface area contributed by atoms with Crippen LogP contribution in [0.3, 0.4) is 0 Å². The third-order valence-electron chi connectivity index (χ3n) is 1.91. The molecular formula is C12H17N3. The fraction of sp³-hybridized carbons (Fsp3) is 0.250. The molecule has 1 rings (SSSR count). The van der Waals surface area contributed by atoms with Crippen LogP contribution in [0.25, 0.3) is 5.70 Å². The number of nitrogens with zero attached hydrogens (tertiary/aromatic N) is 2. The first-order valence-corrected chi connectivity index (χ1v) is 4.83. The molecule has 3 nitrogen and oxygen atoms in total. The Morgan fingerprint density at radius 3 is 2.53 bits per heavy atom. The molecule has 0 unspecified atom stereocenters. The summed E-state index contributed by atoms with van der Waals surface area (Å²) in [7, 11) is 0. The number of hydrogen-bond acceptors (Lipinski definition) is 2.